The number of hydrogen-bond acceptors (Lipinski definition) is 7. The van der Waals surface area contributed by atoms with E-state index in [1.165, 1.54) is 15.9 Å². The molecule has 9 heteroatoms. The van der Waals surface area contributed by atoms with Crippen molar-refractivity contribution in [3.63, 3.8) is 0 Å². The van der Waals surface area contributed by atoms with Gasteiger partial charge in [-0.3, -0.25) is 4.79 Å². The standard InChI is InChI=1S/C17H25N5O3S/c1-4-5-13-10-14(23)22-16(19-13)26-15(20-22)18-12-6-8-21(9-7-12)17(24)25-11(2)3/h10-12H,4-9H2,1-3H3,(H,18,20). The summed E-state index contributed by atoms with van der Waals surface area (Å²) in [6.07, 6.45) is 3.00. The molecule has 0 radical (unpaired) electrons. The molecular weight excluding hydrogens is 354 g/mol. The number of hydrogen-bond donors (Lipinski definition) is 1. The molecule has 3 rings (SSSR count). The fourth-order valence-corrected chi connectivity index (χ4v) is 3.86. The Balaban J connectivity index is 1.62. The zero-order valence-corrected chi connectivity index (χ0v) is 16.2. The molecule has 2 aromatic rings. The van der Waals surface area contributed by atoms with Crippen molar-refractivity contribution >= 4 is 27.5 Å². The van der Waals surface area contributed by atoms with Gasteiger partial charge in [-0.25, -0.2) is 9.78 Å². The molecule has 8 nitrogen and oxygen atoms in total. The van der Waals surface area contributed by atoms with Crippen LogP contribution in [0.1, 0.15) is 45.7 Å². The lowest BCUT2D eigenvalue weighted by molar-refractivity contribution is 0.0701. The second-order valence-electron chi connectivity index (χ2n) is 6.78. The molecule has 0 saturated carbocycles. The van der Waals surface area contributed by atoms with Gasteiger partial charge in [0, 0.05) is 30.9 Å². The van der Waals surface area contributed by atoms with E-state index in [4.69, 9.17) is 4.74 Å². The first-order valence-electron chi connectivity index (χ1n) is 9.08. The van der Waals surface area contributed by atoms with Gasteiger partial charge in [-0.05, 0) is 33.1 Å². The van der Waals surface area contributed by atoms with E-state index in [9.17, 15) is 9.59 Å². The number of aryl methyl sites for hydroxylation is 1. The Kier molecular flexibility index (Phi) is 5.75. The fraction of sp³-hybridized carbons (Fsp3) is 0.647. The number of amides is 1. The van der Waals surface area contributed by atoms with Crippen LogP contribution in [-0.4, -0.2) is 50.8 Å². The molecule has 1 saturated heterocycles. The second-order valence-corrected chi connectivity index (χ2v) is 7.73. The number of rotatable bonds is 5. The maximum atomic E-state index is 12.2. The van der Waals surface area contributed by atoms with Gasteiger partial charge in [-0.15, -0.1) is 5.10 Å². The Bertz CT molecular complexity index is 823. The van der Waals surface area contributed by atoms with Crippen molar-refractivity contribution in [2.45, 2.75) is 58.6 Å². The lowest BCUT2D eigenvalue weighted by atomic mass is 10.1. The topological polar surface area (TPSA) is 88.8 Å². The number of aromatic nitrogens is 3. The number of carbonyl (C=O) groups excluding carboxylic acids is 1. The van der Waals surface area contributed by atoms with Crippen LogP contribution >= 0.6 is 11.3 Å². The molecule has 2 aromatic heterocycles. The highest BCUT2D eigenvalue weighted by Gasteiger charge is 2.25. The minimum absolute atomic E-state index is 0.107. The highest BCUT2D eigenvalue weighted by Crippen LogP contribution is 2.21. The van der Waals surface area contributed by atoms with Gasteiger partial charge in [-0.2, -0.15) is 4.52 Å². The van der Waals surface area contributed by atoms with Gasteiger partial charge in [0.25, 0.3) is 5.56 Å². The molecule has 0 aromatic carbocycles. The van der Waals surface area contributed by atoms with E-state index in [2.05, 4.69) is 22.3 Å². The van der Waals surface area contributed by atoms with E-state index in [0.29, 0.717) is 23.2 Å². The van der Waals surface area contributed by atoms with Crippen LogP contribution in [-0.2, 0) is 11.2 Å². The lowest BCUT2D eigenvalue weighted by Gasteiger charge is -2.32. The smallest absolute Gasteiger partial charge is 0.410 e. The van der Waals surface area contributed by atoms with Crippen LogP contribution in [0.25, 0.3) is 4.96 Å². The third-order valence-electron chi connectivity index (χ3n) is 4.22. The molecule has 1 fully saturated rings. The first-order valence-corrected chi connectivity index (χ1v) is 9.89. The molecule has 3 heterocycles. The minimum atomic E-state index is -0.252. The largest absolute Gasteiger partial charge is 0.447 e. The summed E-state index contributed by atoms with van der Waals surface area (Å²) < 4.78 is 6.59. The lowest BCUT2D eigenvalue weighted by Crippen LogP contribution is -2.43. The highest BCUT2D eigenvalue weighted by atomic mass is 32.1. The maximum Gasteiger partial charge on any atom is 0.410 e. The molecule has 142 valence electrons. The van der Waals surface area contributed by atoms with E-state index in [-0.39, 0.29) is 23.8 Å². The Hall–Kier alpha value is -2.16. The normalized spacial score (nSPS) is 15.6. The van der Waals surface area contributed by atoms with Crippen LogP contribution in [0.15, 0.2) is 10.9 Å². The summed E-state index contributed by atoms with van der Waals surface area (Å²) in [5.74, 6) is 0. The van der Waals surface area contributed by atoms with Gasteiger partial charge in [0.15, 0.2) is 0 Å². The molecule has 1 aliphatic heterocycles. The van der Waals surface area contributed by atoms with Gasteiger partial charge in [-0.1, -0.05) is 24.7 Å². The average Bonchev–Trinajstić information content (AvgIpc) is 2.98. The highest BCUT2D eigenvalue weighted by molar-refractivity contribution is 7.20. The van der Waals surface area contributed by atoms with Crippen LogP contribution in [0.5, 0.6) is 0 Å². The molecule has 0 unspecified atom stereocenters. The second kappa shape index (κ2) is 8.03. The molecule has 1 N–H and O–H groups in total. The Morgan fingerprint density at radius 1 is 1.42 bits per heavy atom. The summed E-state index contributed by atoms with van der Waals surface area (Å²) in [7, 11) is 0. The third-order valence-corrected chi connectivity index (χ3v) is 5.06. The van der Waals surface area contributed by atoms with Crippen LogP contribution in [0.3, 0.4) is 0 Å². The van der Waals surface area contributed by atoms with Crippen molar-refractivity contribution in [3.05, 3.63) is 22.1 Å². The van der Waals surface area contributed by atoms with Gasteiger partial charge in [0.05, 0.1) is 6.10 Å². The van der Waals surface area contributed by atoms with E-state index in [0.717, 1.165) is 31.4 Å². The molecule has 0 spiro atoms. The molecule has 1 amide bonds. The summed E-state index contributed by atoms with van der Waals surface area (Å²) >= 11 is 1.39. The number of anilines is 1. The van der Waals surface area contributed by atoms with Crippen molar-refractivity contribution in [2.75, 3.05) is 18.4 Å². The van der Waals surface area contributed by atoms with Crippen LogP contribution < -0.4 is 10.9 Å². The molecular formula is C17H25N5O3S. The van der Waals surface area contributed by atoms with Gasteiger partial charge >= 0.3 is 6.09 Å². The van der Waals surface area contributed by atoms with Crippen molar-refractivity contribution in [3.8, 4) is 0 Å². The number of fused-ring (bicyclic) bond motifs is 1. The minimum Gasteiger partial charge on any atom is -0.447 e. The third kappa shape index (κ3) is 4.32. The van der Waals surface area contributed by atoms with Crippen molar-refractivity contribution in [2.24, 2.45) is 0 Å². The number of carbonyl (C=O) groups is 1. The van der Waals surface area contributed by atoms with E-state index in [1.54, 1.807) is 11.0 Å². The molecule has 26 heavy (non-hydrogen) atoms. The first-order chi connectivity index (χ1) is 12.5. The maximum absolute atomic E-state index is 12.2. The van der Waals surface area contributed by atoms with Crippen LogP contribution in [0, 0.1) is 0 Å². The number of nitrogens with zero attached hydrogens (tertiary/aromatic N) is 4. The van der Waals surface area contributed by atoms with Crippen molar-refractivity contribution in [1.82, 2.24) is 19.5 Å². The molecule has 0 atom stereocenters. The summed E-state index contributed by atoms with van der Waals surface area (Å²) in [6.45, 7) is 7.05. The zero-order chi connectivity index (χ0) is 18.7. The van der Waals surface area contributed by atoms with E-state index in [1.807, 2.05) is 13.8 Å². The summed E-state index contributed by atoms with van der Waals surface area (Å²) in [4.78, 5) is 31.0. The van der Waals surface area contributed by atoms with Crippen LogP contribution in [0.4, 0.5) is 9.93 Å². The summed E-state index contributed by atoms with van der Waals surface area (Å²) in [5, 5.41) is 8.41. The molecule has 1 aliphatic rings. The van der Waals surface area contributed by atoms with Gasteiger partial charge in [0.1, 0.15) is 0 Å². The van der Waals surface area contributed by atoms with Gasteiger partial charge in [0.2, 0.25) is 10.1 Å². The SMILES string of the molecule is CCCc1cc(=O)n2nc(NC3CCN(C(=O)OC(C)C)CC3)sc2n1. The Morgan fingerprint density at radius 2 is 2.15 bits per heavy atom. The fourth-order valence-electron chi connectivity index (χ4n) is 2.96. The van der Waals surface area contributed by atoms with Crippen LogP contribution in [0.2, 0.25) is 0 Å². The number of piperidine rings is 1. The van der Waals surface area contributed by atoms with Crippen molar-refractivity contribution < 1.29 is 9.53 Å². The first kappa shape index (κ1) is 18.6. The number of ether oxygens (including phenoxy) is 1. The monoisotopic (exact) mass is 379 g/mol. The predicted molar refractivity (Wildman–Crippen MR) is 101 cm³/mol. The molecule has 0 bridgehead atoms. The van der Waals surface area contributed by atoms with Crippen molar-refractivity contribution in [1.29, 1.82) is 0 Å². The zero-order valence-electron chi connectivity index (χ0n) is 15.4. The number of likely N-dealkylation sites (tertiary alicyclic amines) is 1. The quantitative estimate of drug-likeness (QED) is 0.859. The summed E-state index contributed by atoms with van der Waals surface area (Å²) in [5.41, 5.74) is 0.665. The summed E-state index contributed by atoms with van der Waals surface area (Å²) in [6, 6.07) is 1.77. The Labute approximate surface area is 156 Å². The Morgan fingerprint density at radius 3 is 2.81 bits per heavy atom. The van der Waals surface area contributed by atoms with E-state index < -0.39 is 0 Å². The predicted octanol–water partition coefficient (Wildman–Crippen LogP) is 2.52. The molecule has 0 aliphatic carbocycles. The van der Waals surface area contributed by atoms with E-state index >= 15 is 0 Å². The van der Waals surface area contributed by atoms with Gasteiger partial charge < -0.3 is 15.0 Å². The average molecular weight is 379 g/mol. The number of nitrogens with one attached hydrogen (secondary N) is 1.